The van der Waals surface area contributed by atoms with Gasteiger partial charge in [-0.15, -0.1) is 0 Å². The molecule has 18 heavy (non-hydrogen) atoms. The van der Waals surface area contributed by atoms with Crippen molar-refractivity contribution in [2.45, 2.75) is 38.8 Å². The molecule has 1 rings (SSSR count). The maximum absolute atomic E-state index is 12.0. The number of likely N-dealkylation sites (tertiary alicyclic amines) is 1. The lowest BCUT2D eigenvalue weighted by molar-refractivity contribution is -0.157. The van der Waals surface area contributed by atoms with E-state index in [1.54, 1.807) is 0 Å². The Balaban J connectivity index is 2.83. The van der Waals surface area contributed by atoms with Gasteiger partial charge in [0.05, 0.1) is 0 Å². The van der Waals surface area contributed by atoms with Gasteiger partial charge in [-0.3, -0.25) is 4.79 Å². The van der Waals surface area contributed by atoms with Crippen LogP contribution in [0.15, 0.2) is 4.36 Å². The third-order valence-electron chi connectivity index (χ3n) is 2.78. The molecule has 0 radical (unpaired) electrons. The first kappa shape index (κ1) is 14.6. The van der Waals surface area contributed by atoms with Gasteiger partial charge >= 0.3 is 16.5 Å². The Labute approximate surface area is 106 Å². The zero-order chi connectivity index (χ0) is 13.9. The van der Waals surface area contributed by atoms with Gasteiger partial charge in [0.1, 0.15) is 12.1 Å². The highest BCUT2D eigenvalue weighted by Crippen LogP contribution is 2.21. The van der Waals surface area contributed by atoms with Crippen molar-refractivity contribution in [3.05, 3.63) is 0 Å². The number of carboxylic acids is 1. The number of amides is 1. The van der Waals surface area contributed by atoms with Crippen LogP contribution in [0.1, 0.15) is 26.7 Å². The van der Waals surface area contributed by atoms with Gasteiger partial charge in [-0.2, -0.15) is 12.8 Å². The SMILES string of the molecule is CC(C)CC(N=S(=O)=O)C(=O)N1CC[C@H]1C(=O)O. The summed E-state index contributed by atoms with van der Waals surface area (Å²) in [5.41, 5.74) is 0. The Hall–Kier alpha value is -1.44. The largest absolute Gasteiger partial charge is 0.480 e. The van der Waals surface area contributed by atoms with E-state index in [-0.39, 0.29) is 12.3 Å². The highest BCUT2D eigenvalue weighted by Gasteiger charge is 2.40. The summed E-state index contributed by atoms with van der Waals surface area (Å²) in [5.74, 6) is -1.50. The molecule has 0 aromatic carbocycles. The van der Waals surface area contributed by atoms with Crippen LogP contribution < -0.4 is 0 Å². The summed E-state index contributed by atoms with van der Waals surface area (Å²) in [5, 5.41) is 8.85. The van der Waals surface area contributed by atoms with Crippen molar-refractivity contribution < 1.29 is 23.1 Å². The molecule has 1 aliphatic rings. The summed E-state index contributed by atoms with van der Waals surface area (Å²) in [6.45, 7) is 4.02. The summed E-state index contributed by atoms with van der Waals surface area (Å²) >= 11 is 0. The smallest absolute Gasteiger partial charge is 0.326 e. The first-order chi connectivity index (χ1) is 8.32. The van der Waals surface area contributed by atoms with Crippen LogP contribution in [0, 0.1) is 5.92 Å². The van der Waals surface area contributed by atoms with E-state index in [1.807, 2.05) is 13.8 Å². The van der Waals surface area contributed by atoms with E-state index in [2.05, 4.69) is 4.36 Å². The molecule has 1 N–H and O–H groups in total. The number of aliphatic carboxylic acids is 1. The standard InChI is InChI=1S/C10H16N2O5S/c1-6(2)5-7(11-18(16)17)9(13)12-4-3-8(12)10(14)15/h6-8H,3-5H2,1-2H3,(H,14,15)/t7?,8-/m0/s1. The first-order valence-electron chi connectivity index (χ1n) is 5.66. The minimum atomic E-state index is -2.67. The first-order valence-corrected chi connectivity index (χ1v) is 6.69. The molecule has 8 heteroatoms. The van der Waals surface area contributed by atoms with Gasteiger partial charge < -0.3 is 10.0 Å². The van der Waals surface area contributed by atoms with Crippen LogP contribution in [0.4, 0.5) is 0 Å². The van der Waals surface area contributed by atoms with E-state index < -0.39 is 34.5 Å². The molecule has 0 bridgehead atoms. The summed E-state index contributed by atoms with van der Waals surface area (Å²) in [6, 6.07) is -1.85. The highest BCUT2D eigenvalue weighted by atomic mass is 32.2. The maximum Gasteiger partial charge on any atom is 0.326 e. The lowest BCUT2D eigenvalue weighted by atomic mass is 9.98. The molecular formula is C10H16N2O5S. The average molecular weight is 276 g/mol. The van der Waals surface area contributed by atoms with Crippen LogP contribution in [0.25, 0.3) is 0 Å². The van der Waals surface area contributed by atoms with Crippen molar-refractivity contribution in [1.82, 2.24) is 4.90 Å². The molecule has 1 heterocycles. The third-order valence-corrected chi connectivity index (χ3v) is 3.21. The Bertz CT molecular complexity index is 463. The van der Waals surface area contributed by atoms with E-state index in [9.17, 15) is 18.0 Å². The molecule has 0 aromatic rings. The third kappa shape index (κ3) is 3.52. The van der Waals surface area contributed by atoms with Gasteiger partial charge in [0.2, 0.25) is 5.91 Å². The summed E-state index contributed by atoms with van der Waals surface area (Å²) in [7, 11) is -2.67. The second kappa shape index (κ2) is 5.94. The zero-order valence-corrected chi connectivity index (χ0v) is 11.1. The topological polar surface area (TPSA) is 104 Å². The van der Waals surface area contributed by atoms with Gasteiger partial charge in [-0.25, -0.2) is 4.79 Å². The molecule has 0 spiro atoms. The van der Waals surface area contributed by atoms with E-state index in [1.165, 1.54) is 4.90 Å². The van der Waals surface area contributed by atoms with E-state index in [4.69, 9.17) is 5.11 Å². The number of carboxylic acid groups (broad SMARTS) is 1. The summed E-state index contributed by atoms with van der Waals surface area (Å²) < 4.78 is 24.5. The second-order valence-corrected chi connectivity index (χ2v) is 5.29. The van der Waals surface area contributed by atoms with Crippen LogP contribution in [-0.4, -0.2) is 48.9 Å². The quantitative estimate of drug-likeness (QED) is 0.769. The number of hydrogen-bond donors (Lipinski definition) is 1. The minimum absolute atomic E-state index is 0.0933. The molecule has 0 aromatic heterocycles. The predicted octanol–water partition coefficient (Wildman–Crippen LogP) is 0.149. The average Bonchev–Trinajstić information content (AvgIpc) is 2.11. The fourth-order valence-electron chi connectivity index (χ4n) is 1.84. The molecule has 7 nitrogen and oxygen atoms in total. The number of rotatable bonds is 5. The summed E-state index contributed by atoms with van der Waals surface area (Å²) in [4.78, 5) is 24.0. The highest BCUT2D eigenvalue weighted by molar-refractivity contribution is 7.61. The predicted molar refractivity (Wildman–Crippen MR) is 62.3 cm³/mol. The Kier molecular flexibility index (Phi) is 4.83. The van der Waals surface area contributed by atoms with Gasteiger partial charge in [0.15, 0.2) is 0 Å². The Morgan fingerprint density at radius 2 is 2.06 bits per heavy atom. The molecule has 102 valence electrons. The molecule has 0 aliphatic carbocycles. The summed E-state index contributed by atoms with van der Waals surface area (Å²) in [6.07, 6.45) is 0.686. The molecule has 2 atom stereocenters. The molecule has 1 aliphatic heterocycles. The Morgan fingerprint density at radius 1 is 1.44 bits per heavy atom. The molecule has 1 fully saturated rings. The van der Waals surface area contributed by atoms with Crippen LogP contribution >= 0.6 is 0 Å². The zero-order valence-electron chi connectivity index (χ0n) is 10.2. The van der Waals surface area contributed by atoms with Crippen LogP contribution in [0.5, 0.6) is 0 Å². The van der Waals surface area contributed by atoms with Crippen molar-refractivity contribution >= 4 is 22.4 Å². The van der Waals surface area contributed by atoms with Crippen molar-refractivity contribution in [3.8, 4) is 0 Å². The van der Waals surface area contributed by atoms with E-state index >= 15 is 0 Å². The van der Waals surface area contributed by atoms with Gasteiger partial charge in [0, 0.05) is 6.54 Å². The van der Waals surface area contributed by atoms with Crippen molar-refractivity contribution in [2.75, 3.05) is 6.54 Å². The number of carbonyl (C=O) groups is 2. The van der Waals surface area contributed by atoms with Crippen LogP contribution in [0.3, 0.4) is 0 Å². The van der Waals surface area contributed by atoms with Crippen LogP contribution in [-0.2, 0) is 20.1 Å². The normalized spacial score (nSPS) is 20.2. The van der Waals surface area contributed by atoms with E-state index in [0.29, 0.717) is 13.0 Å². The number of hydrogen-bond acceptors (Lipinski definition) is 5. The maximum atomic E-state index is 12.0. The van der Waals surface area contributed by atoms with Crippen molar-refractivity contribution in [3.63, 3.8) is 0 Å². The van der Waals surface area contributed by atoms with Crippen molar-refractivity contribution in [1.29, 1.82) is 0 Å². The van der Waals surface area contributed by atoms with Crippen molar-refractivity contribution in [2.24, 2.45) is 10.3 Å². The number of nitrogens with zero attached hydrogens (tertiary/aromatic N) is 2. The van der Waals surface area contributed by atoms with Crippen LogP contribution in [0.2, 0.25) is 0 Å². The molecule has 1 amide bonds. The molecule has 1 unspecified atom stereocenters. The Morgan fingerprint density at radius 3 is 2.39 bits per heavy atom. The van der Waals surface area contributed by atoms with Gasteiger partial charge in [-0.1, -0.05) is 13.8 Å². The lowest BCUT2D eigenvalue weighted by Crippen LogP contribution is -2.57. The minimum Gasteiger partial charge on any atom is -0.480 e. The van der Waals surface area contributed by atoms with Gasteiger partial charge in [-0.05, 0) is 18.8 Å². The van der Waals surface area contributed by atoms with Gasteiger partial charge in [0.25, 0.3) is 0 Å². The number of carbonyl (C=O) groups excluding carboxylic acids is 1. The lowest BCUT2D eigenvalue weighted by Gasteiger charge is -2.39. The molecular weight excluding hydrogens is 260 g/mol. The monoisotopic (exact) mass is 276 g/mol. The molecule has 1 saturated heterocycles. The van der Waals surface area contributed by atoms with E-state index in [0.717, 1.165) is 0 Å². The fraction of sp³-hybridized carbons (Fsp3) is 0.800. The fourth-order valence-corrected chi connectivity index (χ4v) is 2.22. The second-order valence-electron chi connectivity index (χ2n) is 4.64. The molecule has 0 saturated carbocycles.